The molecule has 0 saturated carbocycles. The Morgan fingerprint density at radius 3 is 2.05 bits per heavy atom. The third kappa shape index (κ3) is 3.55. The van der Waals surface area contributed by atoms with Gasteiger partial charge in [0.25, 0.3) is 0 Å². The Kier molecular flexibility index (Phi) is 5.03. The summed E-state index contributed by atoms with van der Waals surface area (Å²) in [4.78, 5) is 0. The lowest BCUT2D eigenvalue weighted by Crippen LogP contribution is -2.12. The van der Waals surface area contributed by atoms with Gasteiger partial charge in [-0.1, -0.05) is 115 Å². The molecule has 0 aliphatic heterocycles. The highest BCUT2D eigenvalue weighted by Gasteiger charge is 2.25. The first-order valence-corrected chi connectivity index (χ1v) is 13.7. The van der Waals surface area contributed by atoms with Crippen LogP contribution in [-0.2, 0) is 6.42 Å². The van der Waals surface area contributed by atoms with E-state index in [2.05, 4.69) is 150 Å². The van der Waals surface area contributed by atoms with Crippen molar-refractivity contribution in [3.63, 3.8) is 0 Å². The summed E-state index contributed by atoms with van der Waals surface area (Å²) in [6.07, 6.45) is 1.03. The van der Waals surface area contributed by atoms with Gasteiger partial charge in [-0.15, -0.1) is 0 Å². The van der Waals surface area contributed by atoms with Crippen molar-refractivity contribution in [1.82, 2.24) is 4.57 Å². The highest BCUT2D eigenvalue weighted by atomic mass is 15.0. The first kappa shape index (κ1) is 22.1. The third-order valence-electron chi connectivity index (χ3n) is 8.40. The second-order valence-corrected chi connectivity index (χ2v) is 10.5. The Labute approximate surface area is 228 Å². The summed E-state index contributed by atoms with van der Waals surface area (Å²) in [5, 5.41) is 2.57. The molecular weight excluding hydrogens is 470 g/mol. The zero-order valence-corrected chi connectivity index (χ0v) is 21.6. The summed E-state index contributed by atoms with van der Waals surface area (Å²) in [5.74, 6) is 0.358. The molecule has 0 amide bonds. The SMILES string of the molecule is c1ccc(-c2ccc3c(c2)c2ccccc2n3-c2ccc(C3Cc4ccccc4-c4ccccc43)cc2)cc1. The zero-order chi connectivity index (χ0) is 25.8. The van der Waals surface area contributed by atoms with Gasteiger partial charge in [0.2, 0.25) is 0 Å². The number of rotatable bonds is 3. The lowest BCUT2D eigenvalue weighted by atomic mass is 9.76. The Balaban J connectivity index is 1.24. The lowest BCUT2D eigenvalue weighted by molar-refractivity contribution is 0.793. The second kappa shape index (κ2) is 8.85. The maximum Gasteiger partial charge on any atom is 0.0541 e. The molecule has 39 heavy (non-hydrogen) atoms. The first-order chi connectivity index (χ1) is 19.3. The molecule has 184 valence electrons. The molecule has 0 fully saturated rings. The van der Waals surface area contributed by atoms with Gasteiger partial charge in [0.15, 0.2) is 0 Å². The summed E-state index contributed by atoms with van der Waals surface area (Å²) in [5.41, 5.74) is 13.1. The van der Waals surface area contributed by atoms with E-state index < -0.39 is 0 Å². The molecule has 0 N–H and O–H groups in total. The highest BCUT2D eigenvalue weighted by molar-refractivity contribution is 6.10. The van der Waals surface area contributed by atoms with Crippen LogP contribution in [0.4, 0.5) is 0 Å². The van der Waals surface area contributed by atoms with Crippen molar-refractivity contribution in [2.45, 2.75) is 12.3 Å². The van der Waals surface area contributed by atoms with Gasteiger partial charge in [0, 0.05) is 22.4 Å². The number of hydrogen-bond donors (Lipinski definition) is 0. The van der Waals surface area contributed by atoms with Gasteiger partial charge in [-0.3, -0.25) is 0 Å². The molecular formula is C38H27N. The van der Waals surface area contributed by atoms with Crippen LogP contribution < -0.4 is 0 Å². The summed E-state index contributed by atoms with van der Waals surface area (Å²) in [7, 11) is 0. The van der Waals surface area contributed by atoms with Crippen LogP contribution in [0, 0.1) is 0 Å². The molecule has 1 aliphatic rings. The number of fused-ring (bicyclic) bond motifs is 6. The fourth-order valence-corrected chi connectivity index (χ4v) is 6.55. The summed E-state index contributed by atoms with van der Waals surface area (Å²) in [6.45, 7) is 0. The van der Waals surface area contributed by atoms with Gasteiger partial charge in [0.1, 0.15) is 0 Å². The second-order valence-electron chi connectivity index (χ2n) is 10.5. The van der Waals surface area contributed by atoms with Crippen LogP contribution >= 0.6 is 0 Å². The molecule has 1 heteroatoms. The van der Waals surface area contributed by atoms with E-state index in [9.17, 15) is 0 Å². The summed E-state index contributed by atoms with van der Waals surface area (Å²) in [6, 6.07) is 53.3. The third-order valence-corrected chi connectivity index (χ3v) is 8.40. The Morgan fingerprint density at radius 2 is 1.18 bits per heavy atom. The van der Waals surface area contributed by atoms with E-state index >= 15 is 0 Å². The molecule has 1 unspecified atom stereocenters. The van der Waals surface area contributed by atoms with Crippen LogP contribution in [0.1, 0.15) is 22.6 Å². The quantitative estimate of drug-likeness (QED) is 0.229. The van der Waals surface area contributed by atoms with Crippen LogP contribution in [0.5, 0.6) is 0 Å². The zero-order valence-electron chi connectivity index (χ0n) is 21.6. The molecule has 0 bridgehead atoms. The number of hydrogen-bond acceptors (Lipinski definition) is 0. The van der Waals surface area contributed by atoms with E-state index in [1.165, 1.54) is 66.4 Å². The molecule has 1 nitrogen and oxygen atoms in total. The summed E-state index contributed by atoms with van der Waals surface area (Å²) >= 11 is 0. The number of aromatic nitrogens is 1. The van der Waals surface area contributed by atoms with Gasteiger partial charge in [-0.25, -0.2) is 0 Å². The van der Waals surface area contributed by atoms with Crippen LogP contribution in [0.15, 0.2) is 146 Å². The molecule has 0 saturated heterocycles. The van der Waals surface area contributed by atoms with E-state index in [4.69, 9.17) is 0 Å². The van der Waals surface area contributed by atoms with Crippen LogP contribution in [0.3, 0.4) is 0 Å². The van der Waals surface area contributed by atoms with Crippen LogP contribution in [-0.4, -0.2) is 4.57 Å². The number of nitrogens with zero attached hydrogens (tertiary/aromatic N) is 1. The van der Waals surface area contributed by atoms with Crippen molar-refractivity contribution in [3.05, 3.63) is 162 Å². The highest BCUT2D eigenvalue weighted by Crippen LogP contribution is 2.43. The normalized spacial score (nSPS) is 14.3. The molecule has 1 aliphatic carbocycles. The van der Waals surface area contributed by atoms with Crippen molar-refractivity contribution in [2.75, 3.05) is 0 Å². The van der Waals surface area contributed by atoms with E-state index in [1.54, 1.807) is 0 Å². The first-order valence-electron chi connectivity index (χ1n) is 13.7. The standard InChI is InChI=1S/C38H27N/c1-2-10-26(11-3-1)28-20-23-38-36(24-28)34-16-8-9-17-37(34)39(38)30-21-18-27(19-22-30)35-25-29-12-4-5-13-31(29)32-14-6-7-15-33(32)35/h1-24,35H,25H2. The topological polar surface area (TPSA) is 4.93 Å². The molecule has 1 atom stereocenters. The minimum atomic E-state index is 0.358. The predicted octanol–water partition coefficient (Wildman–Crippen LogP) is 9.81. The Bertz CT molecular complexity index is 1980. The number of para-hydroxylation sites is 1. The minimum absolute atomic E-state index is 0.358. The van der Waals surface area contributed by atoms with Crippen molar-refractivity contribution in [2.24, 2.45) is 0 Å². The average Bonchev–Trinajstić information content (AvgIpc) is 3.35. The van der Waals surface area contributed by atoms with Gasteiger partial charge in [-0.2, -0.15) is 0 Å². The monoisotopic (exact) mass is 497 g/mol. The van der Waals surface area contributed by atoms with Crippen LogP contribution in [0.25, 0.3) is 49.7 Å². The van der Waals surface area contributed by atoms with E-state index in [0.717, 1.165) is 6.42 Å². The van der Waals surface area contributed by atoms with E-state index in [-0.39, 0.29) is 0 Å². The van der Waals surface area contributed by atoms with Crippen molar-refractivity contribution < 1.29 is 0 Å². The number of benzene rings is 6. The van der Waals surface area contributed by atoms with Crippen molar-refractivity contribution in [1.29, 1.82) is 0 Å². The Hall–Kier alpha value is -4.88. The smallest absolute Gasteiger partial charge is 0.0541 e. The predicted molar refractivity (Wildman–Crippen MR) is 164 cm³/mol. The lowest BCUT2D eigenvalue weighted by Gasteiger charge is -2.28. The molecule has 1 aromatic heterocycles. The maximum atomic E-state index is 2.41. The fourth-order valence-electron chi connectivity index (χ4n) is 6.55. The molecule has 1 heterocycles. The van der Waals surface area contributed by atoms with Crippen molar-refractivity contribution in [3.8, 4) is 27.9 Å². The molecule has 6 aromatic carbocycles. The van der Waals surface area contributed by atoms with Gasteiger partial charge >= 0.3 is 0 Å². The molecule has 8 rings (SSSR count). The summed E-state index contributed by atoms with van der Waals surface area (Å²) < 4.78 is 2.41. The average molecular weight is 498 g/mol. The largest absolute Gasteiger partial charge is 0.309 e. The van der Waals surface area contributed by atoms with Gasteiger partial charge in [-0.05, 0) is 75.7 Å². The molecule has 0 radical (unpaired) electrons. The van der Waals surface area contributed by atoms with E-state index in [1.807, 2.05) is 0 Å². The maximum absolute atomic E-state index is 2.41. The van der Waals surface area contributed by atoms with Crippen LogP contribution in [0.2, 0.25) is 0 Å². The van der Waals surface area contributed by atoms with E-state index in [0.29, 0.717) is 5.92 Å². The van der Waals surface area contributed by atoms with Gasteiger partial charge < -0.3 is 4.57 Å². The minimum Gasteiger partial charge on any atom is -0.309 e. The molecule has 0 spiro atoms. The van der Waals surface area contributed by atoms with Crippen molar-refractivity contribution >= 4 is 21.8 Å². The Morgan fingerprint density at radius 1 is 0.487 bits per heavy atom. The molecule has 7 aromatic rings. The fraction of sp³-hybridized carbons (Fsp3) is 0.0526. The van der Waals surface area contributed by atoms with Gasteiger partial charge in [0.05, 0.1) is 11.0 Å².